The summed E-state index contributed by atoms with van der Waals surface area (Å²) in [6.45, 7) is 0. The first-order valence-electron chi connectivity index (χ1n) is 5.01. The Morgan fingerprint density at radius 2 is 2.12 bits per heavy atom. The van der Waals surface area contributed by atoms with Crippen LogP contribution in [0.2, 0.25) is 0 Å². The summed E-state index contributed by atoms with van der Waals surface area (Å²) in [4.78, 5) is 18.4. The van der Waals surface area contributed by atoms with E-state index in [1.165, 1.54) is 6.33 Å². The van der Waals surface area contributed by atoms with E-state index in [2.05, 4.69) is 15.3 Å². The molecule has 0 fully saturated rings. The molecule has 0 radical (unpaired) electrons. The van der Waals surface area contributed by atoms with Crippen LogP contribution in [-0.4, -0.2) is 23.4 Å². The summed E-state index contributed by atoms with van der Waals surface area (Å²) in [6, 6.07) is 9.03. The summed E-state index contributed by atoms with van der Waals surface area (Å²) in [6.07, 6.45) is 2.01. The van der Waals surface area contributed by atoms with E-state index in [1.54, 1.807) is 13.2 Å². The van der Waals surface area contributed by atoms with Crippen molar-refractivity contribution in [3.05, 3.63) is 42.4 Å². The van der Waals surface area contributed by atoms with Crippen LogP contribution in [0.1, 0.15) is 10.5 Å². The molecule has 0 amide bonds. The Bertz CT molecular complexity index is 529. The van der Waals surface area contributed by atoms with Gasteiger partial charge in [0.15, 0.2) is 6.29 Å². The van der Waals surface area contributed by atoms with E-state index < -0.39 is 0 Å². The van der Waals surface area contributed by atoms with E-state index in [1.807, 2.05) is 24.3 Å². The fourth-order valence-corrected chi connectivity index (χ4v) is 1.39. The molecule has 0 saturated heterocycles. The molecular weight excluding hydrogens is 218 g/mol. The number of methoxy groups -OCH3 is 1. The highest BCUT2D eigenvalue weighted by Crippen LogP contribution is 2.25. The summed E-state index contributed by atoms with van der Waals surface area (Å²) in [5.41, 5.74) is 1.11. The maximum atomic E-state index is 10.6. The third kappa shape index (κ3) is 2.57. The highest BCUT2D eigenvalue weighted by atomic mass is 16.5. The minimum absolute atomic E-state index is 0.331. The Kier molecular flexibility index (Phi) is 3.30. The van der Waals surface area contributed by atoms with Crippen molar-refractivity contribution in [3.8, 4) is 5.75 Å². The van der Waals surface area contributed by atoms with Gasteiger partial charge in [0, 0.05) is 6.07 Å². The number of hydrogen-bond acceptors (Lipinski definition) is 5. The standard InChI is InChI=1S/C12H11N3O2/c1-17-11-5-3-2-4-10(11)15-12-6-9(7-16)13-8-14-12/h2-8H,1H3,(H,13,14,15). The third-order valence-electron chi connectivity index (χ3n) is 2.18. The van der Waals surface area contributed by atoms with E-state index in [0.717, 1.165) is 5.69 Å². The minimum Gasteiger partial charge on any atom is -0.495 e. The van der Waals surface area contributed by atoms with Gasteiger partial charge >= 0.3 is 0 Å². The number of para-hydroxylation sites is 2. The Morgan fingerprint density at radius 3 is 2.88 bits per heavy atom. The first-order chi connectivity index (χ1) is 8.33. The zero-order valence-corrected chi connectivity index (χ0v) is 9.25. The second kappa shape index (κ2) is 5.07. The van der Waals surface area contributed by atoms with Crippen LogP contribution in [-0.2, 0) is 0 Å². The number of aldehydes is 1. The van der Waals surface area contributed by atoms with Gasteiger partial charge in [-0.15, -0.1) is 0 Å². The highest BCUT2D eigenvalue weighted by Gasteiger charge is 2.03. The van der Waals surface area contributed by atoms with E-state index in [9.17, 15) is 4.79 Å². The average molecular weight is 229 g/mol. The number of carbonyl (C=O) groups is 1. The van der Waals surface area contributed by atoms with Gasteiger partial charge in [0.25, 0.3) is 0 Å². The second-order valence-corrected chi connectivity index (χ2v) is 3.27. The number of rotatable bonds is 4. The number of anilines is 2. The van der Waals surface area contributed by atoms with Crippen LogP contribution in [0.5, 0.6) is 5.75 Å². The van der Waals surface area contributed by atoms with Crippen molar-refractivity contribution in [2.75, 3.05) is 12.4 Å². The molecule has 0 bridgehead atoms. The smallest absolute Gasteiger partial charge is 0.168 e. The Morgan fingerprint density at radius 1 is 1.29 bits per heavy atom. The fourth-order valence-electron chi connectivity index (χ4n) is 1.39. The van der Waals surface area contributed by atoms with Crippen LogP contribution in [0.3, 0.4) is 0 Å². The van der Waals surface area contributed by atoms with E-state index in [4.69, 9.17) is 4.74 Å². The summed E-state index contributed by atoms with van der Waals surface area (Å²) >= 11 is 0. The van der Waals surface area contributed by atoms with Gasteiger partial charge in [0.05, 0.1) is 12.8 Å². The Labute approximate surface area is 98.5 Å². The van der Waals surface area contributed by atoms with Crippen molar-refractivity contribution in [2.45, 2.75) is 0 Å². The van der Waals surface area contributed by atoms with Crippen LogP contribution >= 0.6 is 0 Å². The molecule has 17 heavy (non-hydrogen) atoms. The van der Waals surface area contributed by atoms with Crippen LogP contribution in [0, 0.1) is 0 Å². The highest BCUT2D eigenvalue weighted by molar-refractivity contribution is 5.74. The van der Waals surface area contributed by atoms with Crippen LogP contribution < -0.4 is 10.1 Å². The van der Waals surface area contributed by atoms with E-state index >= 15 is 0 Å². The van der Waals surface area contributed by atoms with Gasteiger partial charge < -0.3 is 10.1 Å². The number of nitrogens with zero attached hydrogens (tertiary/aromatic N) is 2. The maximum absolute atomic E-state index is 10.6. The molecule has 5 heteroatoms. The van der Waals surface area contributed by atoms with Crippen molar-refractivity contribution in [1.29, 1.82) is 0 Å². The molecule has 2 aromatic rings. The summed E-state index contributed by atoms with van der Waals surface area (Å²) in [7, 11) is 1.59. The maximum Gasteiger partial charge on any atom is 0.168 e. The molecule has 1 heterocycles. The van der Waals surface area contributed by atoms with Gasteiger partial charge in [-0.05, 0) is 12.1 Å². The molecule has 5 nitrogen and oxygen atoms in total. The molecule has 1 aromatic heterocycles. The van der Waals surface area contributed by atoms with Crippen molar-refractivity contribution in [2.24, 2.45) is 0 Å². The number of nitrogens with one attached hydrogen (secondary N) is 1. The van der Waals surface area contributed by atoms with Crippen molar-refractivity contribution in [1.82, 2.24) is 9.97 Å². The van der Waals surface area contributed by atoms with Crippen LogP contribution in [0.4, 0.5) is 11.5 Å². The van der Waals surface area contributed by atoms with Crippen LogP contribution in [0.15, 0.2) is 36.7 Å². The normalized spacial score (nSPS) is 9.71. The average Bonchev–Trinajstić information content (AvgIpc) is 2.39. The summed E-state index contributed by atoms with van der Waals surface area (Å²) < 4.78 is 5.20. The lowest BCUT2D eigenvalue weighted by Crippen LogP contribution is -1.98. The molecule has 0 atom stereocenters. The molecule has 0 aliphatic rings. The topological polar surface area (TPSA) is 64.1 Å². The van der Waals surface area contributed by atoms with Crippen molar-refractivity contribution >= 4 is 17.8 Å². The lowest BCUT2D eigenvalue weighted by Gasteiger charge is -2.09. The van der Waals surface area contributed by atoms with Gasteiger partial charge in [0.1, 0.15) is 23.6 Å². The zero-order valence-electron chi connectivity index (χ0n) is 9.25. The Balaban J connectivity index is 2.27. The predicted octanol–water partition coefficient (Wildman–Crippen LogP) is 2.04. The lowest BCUT2D eigenvalue weighted by atomic mass is 10.3. The summed E-state index contributed by atoms with van der Waals surface area (Å²) in [5.74, 6) is 1.25. The molecule has 1 aromatic carbocycles. The van der Waals surface area contributed by atoms with Gasteiger partial charge in [-0.3, -0.25) is 4.79 Å². The first-order valence-corrected chi connectivity index (χ1v) is 5.01. The molecular formula is C12H11N3O2. The van der Waals surface area contributed by atoms with E-state index in [-0.39, 0.29) is 0 Å². The van der Waals surface area contributed by atoms with E-state index in [0.29, 0.717) is 23.5 Å². The molecule has 1 N–H and O–H groups in total. The van der Waals surface area contributed by atoms with Gasteiger partial charge in [-0.25, -0.2) is 9.97 Å². The van der Waals surface area contributed by atoms with Crippen molar-refractivity contribution < 1.29 is 9.53 Å². The molecule has 86 valence electrons. The van der Waals surface area contributed by atoms with Gasteiger partial charge in [-0.2, -0.15) is 0 Å². The lowest BCUT2D eigenvalue weighted by molar-refractivity contribution is 0.111. The second-order valence-electron chi connectivity index (χ2n) is 3.27. The zero-order chi connectivity index (χ0) is 12.1. The quantitative estimate of drug-likeness (QED) is 0.813. The predicted molar refractivity (Wildman–Crippen MR) is 63.7 cm³/mol. The van der Waals surface area contributed by atoms with Gasteiger partial charge in [-0.1, -0.05) is 12.1 Å². The molecule has 0 saturated carbocycles. The monoisotopic (exact) mass is 229 g/mol. The molecule has 0 unspecified atom stereocenters. The van der Waals surface area contributed by atoms with Crippen LogP contribution in [0.25, 0.3) is 0 Å². The fraction of sp³-hybridized carbons (Fsp3) is 0.0833. The summed E-state index contributed by atoms with van der Waals surface area (Å²) in [5, 5.41) is 3.06. The number of carbonyl (C=O) groups excluding carboxylic acids is 1. The Hall–Kier alpha value is -2.43. The first kappa shape index (κ1) is 11.1. The third-order valence-corrected chi connectivity index (χ3v) is 2.18. The number of hydrogen-bond donors (Lipinski definition) is 1. The number of ether oxygens (including phenoxy) is 1. The van der Waals surface area contributed by atoms with Crippen molar-refractivity contribution in [3.63, 3.8) is 0 Å². The number of aromatic nitrogens is 2. The number of benzene rings is 1. The molecule has 0 spiro atoms. The SMILES string of the molecule is COc1ccccc1Nc1cc(C=O)ncn1. The van der Waals surface area contributed by atoms with Gasteiger partial charge in [0.2, 0.25) is 0 Å². The molecule has 0 aliphatic carbocycles. The molecule has 2 rings (SSSR count). The molecule has 0 aliphatic heterocycles. The minimum atomic E-state index is 0.331. The largest absolute Gasteiger partial charge is 0.495 e.